The van der Waals surface area contributed by atoms with E-state index in [1.54, 1.807) is 7.11 Å². The van der Waals surface area contributed by atoms with E-state index in [0.717, 1.165) is 10.6 Å². The molecule has 3 N–H and O–H groups in total. The fourth-order valence-electron chi connectivity index (χ4n) is 1.50. The van der Waals surface area contributed by atoms with Gasteiger partial charge in [0.15, 0.2) is 5.82 Å². The average molecular weight is 307 g/mol. The number of thioether (sulfide) groups is 1. The first kappa shape index (κ1) is 14.9. The Morgan fingerprint density at radius 2 is 2.10 bits per heavy atom. The van der Waals surface area contributed by atoms with E-state index in [1.807, 2.05) is 24.3 Å². The second-order valence-electron chi connectivity index (χ2n) is 3.98. The van der Waals surface area contributed by atoms with Gasteiger partial charge >= 0.3 is 5.97 Å². The van der Waals surface area contributed by atoms with Crippen LogP contribution in [0, 0.1) is 0 Å². The van der Waals surface area contributed by atoms with Gasteiger partial charge in [-0.1, -0.05) is 0 Å². The number of nitrogens with one attached hydrogen (secondary N) is 2. The minimum Gasteiger partial charge on any atom is -0.497 e. The van der Waals surface area contributed by atoms with Crippen LogP contribution in [0.2, 0.25) is 0 Å². The lowest BCUT2D eigenvalue weighted by molar-refractivity contribution is -0.113. The minimum absolute atomic E-state index is 0.0758. The molecule has 0 unspecified atom stereocenters. The molecule has 2 aromatic rings. The first-order valence-electron chi connectivity index (χ1n) is 5.94. The topological polar surface area (TPSA) is 104 Å². The molecule has 2 rings (SSSR count). The number of anilines is 1. The van der Waals surface area contributed by atoms with Crippen LogP contribution in [0.4, 0.5) is 5.82 Å². The number of hydrogen-bond acceptors (Lipinski definition) is 5. The summed E-state index contributed by atoms with van der Waals surface area (Å²) in [5.41, 5.74) is -0.0758. The number of carboxylic acids is 1. The standard InChI is InChI=1S/C13H13N3O4S/c1-20-8-2-4-9(5-3-8)21-7-12(17)14-11-6-10(13(18)19)15-16-11/h2-6H,7H2,1H3,(H,18,19)(H2,14,15,16,17). The molecule has 0 aliphatic carbocycles. The van der Waals surface area contributed by atoms with Gasteiger partial charge in [-0.3, -0.25) is 9.89 Å². The quantitative estimate of drug-likeness (QED) is 0.704. The predicted molar refractivity (Wildman–Crippen MR) is 77.9 cm³/mol. The molecular weight excluding hydrogens is 294 g/mol. The minimum atomic E-state index is -1.13. The largest absolute Gasteiger partial charge is 0.497 e. The summed E-state index contributed by atoms with van der Waals surface area (Å²) in [6.45, 7) is 0. The zero-order valence-electron chi connectivity index (χ0n) is 11.1. The number of carbonyl (C=O) groups excluding carboxylic acids is 1. The van der Waals surface area contributed by atoms with Crippen molar-refractivity contribution in [1.29, 1.82) is 0 Å². The van der Waals surface area contributed by atoms with Crippen molar-refractivity contribution in [3.63, 3.8) is 0 Å². The maximum Gasteiger partial charge on any atom is 0.353 e. The third kappa shape index (κ3) is 4.25. The van der Waals surface area contributed by atoms with E-state index in [-0.39, 0.29) is 23.2 Å². The number of carboxylic acid groups (broad SMARTS) is 1. The number of amides is 1. The Labute approximate surface area is 124 Å². The van der Waals surface area contributed by atoms with Crippen LogP contribution in [0.15, 0.2) is 35.2 Å². The van der Waals surface area contributed by atoms with E-state index in [9.17, 15) is 9.59 Å². The third-order valence-corrected chi connectivity index (χ3v) is 3.52. The summed E-state index contributed by atoms with van der Waals surface area (Å²) >= 11 is 1.36. The molecule has 0 saturated carbocycles. The maximum atomic E-state index is 11.7. The first-order chi connectivity index (χ1) is 10.1. The Hall–Kier alpha value is -2.48. The number of ether oxygens (including phenoxy) is 1. The molecule has 0 spiro atoms. The first-order valence-corrected chi connectivity index (χ1v) is 6.92. The van der Waals surface area contributed by atoms with Gasteiger partial charge < -0.3 is 15.2 Å². The summed E-state index contributed by atoms with van der Waals surface area (Å²) in [4.78, 5) is 23.3. The van der Waals surface area contributed by atoms with Crippen LogP contribution in [0.3, 0.4) is 0 Å². The van der Waals surface area contributed by atoms with Gasteiger partial charge in [-0.2, -0.15) is 5.10 Å². The predicted octanol–water partition coefficient (Wildman–Crippen LogP) is 1.85. The lowest BCUT2D eigenvalue weighted by Gasteiger charge is -2.03. The van der Waals surface area contributed by atoms with Gasteiger partial charge in [-0.25, -0.2) is 4.79 Å². The highest BCUT2D eigenvalue weighted by molar-refractivity contribution is 8.00. The lowest BCUT2D eigenvalue weighted by Crippen LogP contribution is -2.14. The Balaban J connectivity index is 1.84. The zero-order valence-corrected chi connectivity index (χ0v) is 11.9. The number of aromatic nitrogens is 2. The van der Waals surface area contributed by atoms with E-state index in [4.69, 9.17) is 9.84 Å². The highest BCUT2D eigenvalue weighted by Gasteiger charge is 2.10. The van der Waals surface area contributed by atoms with Gasteiger partial charge in [0.2, 0.25) is 5.91 Å². The summed E-state index contributed by atoms with van der Waals surface area (Å²) in [7, 11) is 1.59. The number of benzene rings is 1. The molecule has 1 amide bonds. The van der Waals surface area contributed by atoms with Crippen molar-refractivity contribution in [2.45, 2.75) is 4.90 Å². The number of rotatable bonds is 6. The van der Waals surface area contributed by atoms with Crippen LogP contribution < -0.4 is 10.1 Å². The number of aromatic amines is 1. The van der Waals surface area contributed by atoms with Crippen molar-refractivity contribution in [3.05, 3.63) is 36.0 Å². The smallest absolute Gasteiger partial charge is 0.353 e. The number of aromatic carboxylic acids is 1. The molecule has 7 nitrogen and oxygen atoms in total. The molecule has 0 aliphatic heterocycles. The molecule has 1 heterocycles. The average Bonchev–Trinajstić information content (AvgIpc) is 2.94. The molecule has 0 fully saturated rings. The van der Waals surface area contributed by atoms with Gasteiger partial charge in [-0.15, -0.1) is 11.8 Å². The molecular formula is C13H13N3O4S. The van der Waals surface area contributed by atoms with Gasteiger partial charge in [0.1, 0.15) is 11.4 Å². The van der Waals surface area contributed by atoms with E-state index in [1.165, 1.54) is 17.8 Å². The monoisotopic (exact) mass is 307 g/mol. The van der Waals surface area contributed by atoms with Crippen LogP contribution in [-0.2, 0) is 4.79 Å². The van der Waals surface area contributed by atoms with Crippen molar-refractivity contribution in [2.24, 2.45) is 0 Å². The fraction of sp³-hybridized carbons (Fsp3) is 0.154. The van der Waals surface area contributed by atoms with Crippen LogP contribution in [0.5, 0.6) is 5.75 Å². The number of nitrogens with zero attached hydrogens (tertiary/aromatic N) is 1. The maximum absolute atomic E-state index is 11.7. The molecule has 0 aliphatic rings. The fourth-order valence-corrected chi connectivity index (χ4v) is 2.19. The number of H-pyrrole nitrogens is 1. The molecule has 110 valence electrons. The molecule has 8 heteroatoms. The molecule has 0 atom stereocenters. The summed E-state index contributed by atoms with van der Waals surface area (Å²) in [5, 5.41) is 17.3. The summed E-state index contributed by atoms with van der Waals surface area (Å²) in [5.74, 6) is -0.258. The second-order valence-corrected chi connectivity index (χ2v) is 5.03. The molecule has 21 heavy (non-hydrogen) atoms. The van der Waals surface area contributed by atoms with E-state index < -0.39 is 5.97 Å². The van der Waals surface area contributed by atoms with Crippen molar-refractivity contribution in [1.82, 2.24) is 10.2 Å². The second kappa shape index (κ2) is 6.80. The number of methoxy groups -OCH3 is 1. The van der Waals surface area contributed by atoms with E-state index >= 15 is 0 Å². The number of carbonyl (C=O) groups is 2. The highest BCUT2D eigenvalue weighted by atomic mass is 32.2. The SMILES string of the molecule is COc1ccc(SCC(=O)Nc2cc(C(=O)O)[nH]n2)cc1. The molecule has 0 saturated heterocycles. The normalized spacial score (nSPS) is 10.1. The third-order valence-electron chi connectivity index (χ3n) is 2.51. The summed E-state index contributed by atoms with van der Waals surface area (Å²) in [6.07, 6.45) is 0. The lowest BCUT2D eigenvalue weighted by atomic mass is 10.3. The Bertz CT molecular complexity index is 639. The Kier molecular flexibility index (Phi) is 4.83. The van der Waals surface area contributed by atoms with Gasteiger partial charge in [0.25, 0.3) is 0 Å². The number of hydrogen-bond donors (Lipinski definition) is 3. The highest BCUT2D eigenvalue weighted by Crippen LogP contribution is 2.21. The van der Waals surface area contributed by atoms with Gasteiger partial charge in [-0.05, 0) is 24.3 Å². The van der Waals surface area contributed by atoms with Crippen molar-refractivity contribution < 1.29 is 19.4 Å². The summed E-state index contributed by atoms with van der Waals surface area (Å²) in [6, 6.07) is 8.60. The Morgan fingerprint density at radius 3 is 2.67 bits per heavy atom. The summed E-state index contributed by atoms with van der Waals surface area (Å²) < 4.78 is 5.05. The van der Waals surface area contributed by atoms with Gasteiger partial charge in [0.05, 0.1) is 12.9 Å². The molecule has 1 aromatic heterocycles. The van der Waals surface area contributed by atoms with E-state index in [2.05, 4.69) is 15.5 Å². The molecule has 1 aromatic carbocycles. The van der Waals surface area contributed by atoms with Crippen molar-refractivity contribution >= 4 is 29.5 Å². The van der Waals surface area contributed by atoms with Crippen molar-refractivity contribution in [3.8, 4) is 5.75 Å². The van der Waals surface area contributed by atoms with Gasteiger partial charge in [0, 0.05) is 11.0 Å². The van der Waals surface area contributed by atoms with Crippen LogP contribution >= 0.6 is 11.8 Å². The van der Waals surface area contributed by atoms with E-state index in [0.29, 0.717) is 0 Å². The van der Waals surface area contributed by atoms with Crippen molar-refractivity contribution in [2.75, 3.05) is 18.2 Å². The van der Waals surface area contributed by atoms with Crippen LogP contribution in [0.1, 0.15) is 10.5 Å². The Morgan fingerprint density at radius 1 is 1.38 bits per heavy atom. The molecule has 0 bridgehead atoms. The molecule has 0 radical (unpaired) electrons. The van der Waals surface area contributed by atoms with Crippen LogP contribution in [-0.4, -0.2) is 40.0 Å². The van der Waals surface area contributed by atoms with Crippen LogP contribution in [0.25, 0.3) is 0 Å². The zero-order chi connectivity index (χ0) is 15.2.